The van der Waals surface area contributed by atoms with E-state index in [0.717, 1.165) is 87.5 Å². The van der Waals surface area contributed by atoms with E-state index < -0.39 is 0 Å². The second kappa shape index (κ2) is 13.8. The van der Waals surface area contributed by atoms with Crippen LogP contribution in [0.5, 0.6) is 0 Å². The molecule has 0 saturated heterocycles. The van der Waals surface area contributed by atoms with Crippen molar-refractivity contribution in [2.75, 3.05) is 0 Å². The SMILES string of the molecule is [Ru].c1ccc2nc3c4cccnc4c4ncccc4c3nc2c1.c1cnc2c(c1)ccc1cccnc12.c1cnc2c(c1)ccc1cccnc12. The topological polar surface area (TPSA) is 103 Å². The van der Waals surface area contributed by atoms with Crippen molar-refractivity contribution in [1.82, 2.24) is 39.9 Å². The average Bonchev–Trinajstić information content (AvgIpc) is 3.21. The third-order valence-corrected chi connectivity index (χ3v) is 8.61. The number of nitrogens with zero attached hydrogens (tertiary/aromatic N) is 8. The molecule has 0 fully saturated rings. The quantitative estimate of drug-likeness (QED) is 0.0860. The Labute approximate surface area is 304 Å². The predicted molar refractivity (Wildman–Crippen MR) is 202 cm³/mol. The van der Waals surface area contributed by atoms with E-state index in [1.165, 1.54) is 0 Å². The number of hydrogen-bond donors (Lipinski definition) is 0. The number of hydrogen-bond acceptors (Lipinski definition) is 8. The Kier molecular flexibility index (Phi) is 8.62. The summed E-state index contributed by atoms with van der Waals surface area (Å²) >= 11 is 0. The smallest absolute Gasteiger partial charge is 0.0996 e. The molecule has 9 heteroatoms. The van der Waals surface area contributed by atoms with Gasteiger partial charge >= 0.3 is 0 Å². The maximum absolute atomic E-state index is 4.83. The monoisotopic (exact) mass is 744 g/mol. The van der Waals surface area contributed by atoms with Crippen LogP contribution >= 0.6 is 0 Å². The van der Waals surface area contributed by atoms with Crippen LogP contribution in [0, 0.1) is 0 Å². The van der Waals surface area contributed by atoms with E-state index in [1.807, 2.05) is 72.8 Å². The minimum atomic E-state index is 0. The summed E-state index contributed by atoms with van der Waals surface area (Å²) in [7, 11) is 0. The Morgan fingerprint density at radius 1 is 0.255 bits per heavy atom. The van der Waals surface area contributed by atoms with Gasteiger partial charge in [0.05, 0.1) is 55.2 Å². The zero-order valence-corrected chi connectivity index (χ0v) is 28.7. The first-order chi connectivity index (χ1) is 24.8. The van der Waals surface area contributed by atoms with Gasteiger partial charge in [-0.25, -0.2) is 9.97 Å². The van der Waals surface area contributed by atoms with E-state index >= 15 is 0 Å². The summed E-state index contributed by atoms with van der Waals surface area (Å²) in [6.45, 7) is 0. The van der Waals surface area contributed by atoms with Crippen LogP contribution in [0.15, 0.2) is 159 Å². The fraction of sp³-hybridized carbons (Fsp3) is 0. The number of rotatable bonds is 0. The maximum atomic E-state index is 4.83. The van der Waals surface area contributed by atoms with Crippen LogP contribution in [0.4, 0.5) is 0 Å². The zero-order valence-electron chi connectivity index (χ0n) is 26.9. The van der Waals surface area contributed by atoms with E-state index in [-0.39, 0.29) is 19.5 Å². The minimum Gasteiger partial charge on any atom is -0.254 e. The zero-order chi connectivity index (χ0) is 33.3. The Morgan fingerprint density at radius 2 is 0.549 bits per heavy atom. The van der Waals surface area contributed by atoms with Crippen LogP contribution in [0.25, 0.3) is 87.5 Å². The number of para-hydroxylation sites is 2. The fourth-order valence-corrected chi connectivity index (χ4v) is 6.31. The summed E-state index contributed by atoms with van der Waals surface area (Å²) in [5.41, 5.74) is 9.19. The molecule has 11 rings (SSSR count). The third kappa shape index (κ3) is 5.94. The molecule has 51 heavy (non-hydrogen) atoms. The molecule has 0 spiro atoms. The predicted octanol–water partition coefficient (Wildman–Crippen LogP) is 9.44. The van der Waals surface area contributed by atoms with Gasteiger partial charge in [0, 0.05) is 89.0 Å². The van der Waals surface area contributed by atoms with Crippen molar-refractivity contribution in [2.24, 2.45) is 0 Å². The first-order valence-corrected chi connectivity index (χ1v) is 16.2. The van der Waals surface area contributed by atoms with Gasteiger partial charge in [0.2, 0.25) is 0 Å². The van der Waals surface area contributed by atoms with Crippen molar-refractivity contribution in [3.05, 3.63) is 159 Å². The summed E-state index contributed by atoms with van der Waals surface area (Å²) in [4.78, 5) is 36.1. The van der Waals surface area contributed by atoms with E-state index in [4.69, 9.17) is 9.97 Å². The molecule has 0 aliphatic heterocycles. The number of benzene rings is 4. The molecule has 0 radical (unpaired) electrons. The third-order valence-electron chi connectivity index (χ3n) is 8.61. The van der Waals surface area contributed by atoms with Gasteiger partial charge < -0.3 is 0 Å². The van der Waals surface area contributed by atoms with E-state index in [9.17, 15) is 0 Å². The Balaban J connectivity index is 0.000000114. The van der Waals surface area contributed by atoms with Crippen LogP contribution in [-0.4, -0.2) is 39.9 Å². The van der Waals surface area contributed by atoms with Crippen LogP contribution in [0.3, 0.4) is 0 Å². The molecule has 0 bridgehead atoms. The van der Waals surface area contributed by atoms with E-state index in [2.05, 4.69) is 78.4 Å². The largest absolute Gasteiger partial charge is 0.254 e. The van der Waals surface area contributed by atoms with E-state index in [1.54, 1.807) is 37.2 Å². The van der Waals surface area contributed by atoms with Crippen molar-refractivity contribution in [2.45, 2.75) is 0 Å². The molecule has 11 aromatic rings. The van der Waals surface area contributed by atoms with Gasteiger partial charge in [0.1, 0.15) is 0 Å². The molecule has 8 nitrogen and oxygen atoms in total. The second-order valence-electron chi connectivity index (χ2n) is 11.6. The Hall–Kier alpha value is -6.44. The molecule has 242 valence electrons. The summed E-state index contributed by atoms with van der Waals surface area (Å²) in [5, 5.41) is 6.53. The molecule has 7 aromatic heterocycles. The average molecular weight is 744 g/mol. The Bertz CT molecular complexity index is 2710. The van der Waals surface area contributed by atoms with Gasteiger partial charge in [-0.2, -0.15) is 0 Å². The summed E-state index contributed by atoms with van der Waals surface area (Å²) < 4.78 is 0. The van der Waals surface area contributed by atoms with Gasteiger partial charge in [-0.15, -0.1) is 0 Å². The van der Waals surface area contributed by atoms with Crippen molar-refractivity contribution >= 4 is 87.5 Å². The van der Waals surface area contributed by atoms with Crippen molar-refractivity contribution in [1.29, 1.82) is 0 Å². The summed E-state index contributed by atoms with van der Waals surface area (Å²) in [5.74, 6) is 0. The molecule has 0 unspecified atom stereocenters. The van der Waals surface area contributed by atoms with E-state index in [0.29, 0.717) is 0 Å². The normalized spacial score (nSPS) is 11.0. The maximum Gasteiger partial charge on any atom is 0.0996 e. The minimum absolute atomic E-state index is 0. The first-order valence-electron chi connectivity index (χ1n) is 16.2. The molecule has 4 aromatic carbocycles. The molecule has 0 aliphatic rings. The molecule has 0 amide bonds. The summed E-state index contributed by atoms with van der Waals surface area (Å²) in [6.07, 6.45) is 10.8. The number of fused-ring (bicyclic) bond motifs is 13. The summed E-state index contributed by atoms with van der Waals surface area (Å²) in [6, 6.07) is 40.1. The van der Waals surface area contributed by atoms with Crippen molar-refractivity contribution in [3.8, 4) is 0 Å². The van der Waals surface area contributed by atoms with Gasteiger partial charge in [-0.1, -0.05) is 60.7 Å². The second-order valence-corrected chi connectivity index (χ2v) is 11.6. The molecule has 0 atom stereocenters. The first kappa shape index (κ1) is 31.8. The van der Waals surface area contributed by atoms with Gasteiger partial charge in [0.15, 0.2) is 0 Å². The fourth-order valence-electron chi connectivity index (χ4n) is 6.31. The van der Waals surface area contributed by atoms with Crippen LogP contribution in [-0.2, 0) is 19.5 Å². The van der Waals surface area contributed by atoms with Crippen LogP contribution in [0.1, 0.15) is 0 Å². The van der Waals surface area contributed by atoms with Gasteiger partial charge in [-0.3, -0.25) is 29.9 Å². The van der Waals surface area contributed by atoms with Gasteiger partial charge in [-0.05, 0) is 60.7 Å². The van der Waals surface area contributed by atoms with Crippen molar-refractivity contribution < 1.29 is 19.5 Å². The number of pyridine rings is 6. The molecule has 7 heterocycles. The molecular weight excluding hydrogens is 718 g/mol. The molecular formula is C42H26N8Ru. The molecule has 0 N–H and O–H groups in total. The molecule has 0 aliphatic carbocycles. The van der Waals surface area contributed by atoms with Crippen LogP contribution < -0.4 is 0 Å². The molecule has 0 saturated carbocycles. The van der Waals surface area contributed by atoms with Gasteiger partial charge in [0.25, 0.3) is 0 Å². The Morgan fingerprint density at radius 3 is 0.882 bits per heavy atom. The number of aromatic nitrogens is 8. The van der Waals surface area contributed by atoms with Crippen LogP contribution in [0.2, 0.25) is 0 Å². The van der Waals surface area contributed by atoms with Crippen molar-refractivity contribution in [3.63, 3.8) is 0 Å². The standard InChI is InChI=1S/C18H10N4.2C12H8N2.Ru/c1-2-8-14-13(7-1)21-17-11-5-3-9-19-15(11)16-12(18(17)22-14)6-4-10-20-16;2*1-3-9-5-6-10-4-2-8-14-12(10)11(9)13-7-1;/h1-10H;2*1-8H;.